The number of ketones is 2. The minimum Gasteiger partial charge on any atom is -0.358 e. The fourth-order valence-electron chi connectivity index (χ4n) is 6.75. The van der Waals surface area contributed by atoms with E-state index in [9.17, 15) is 14.4 Å². The zero-order chi connectivity index (χ0) is 27.6. The summed E-state index contributed by atoms with van der Waals surface area (Å²) in [5, 5.41) is 4.05. The van der Waals surface area contributed by atoms with Gasteiger partial charge in [-0.15, -0.1) is 0 Å². The number of carbonyl (C=O) groups is 3. The second kappa shape index (κ2) is 9.19. The van der Waals surface area contributed by atoms with E-state index in [-0.39, 0.29) is 17.5 Å². The van der Waals surface area contributed by atoms with Gasteiger partial charge in [-0.3, -0.25) is 14.4 Å². The average molecular weight is 565 g/mol. The molecule has 0 unspecified atom stereocenters. The van der Waals surface area contributed by atoms with Crippen LogP contribution in [0, 0.1) is 5.92 Å². The number of nitrogens with one attached hydrogen (secondary N) is 1. The maximum atomic E-state index is 14.7. The molecule has 3 heterocycles. The summed E-state index contributed by atoms with van der Waals surface area (Å²) in [6, 6.07) is 27.0. The molecule has 3 aliphatic rings. The minimum absolute atomic E-state index is 0.257. The summed E-state index contributed by atoms with van der Waals surface area (Å²) < 4.78 is 0. The van der Waals surface area contributed by atoms with Crippen LogP contribution >= 0.6 is 23.2 Å². The van der Waals surface area contributed by atoms with Crippen molar-refractivity contribution in [2.24, 2.45) is 5.92 Å². The molecule has 0 aliphatic carbocycles. The number of para-hydroxylation sites is 1. The van der Waals surface area contributed by atoms with E-state index in [4.69, 9.17) is 23.2 Å². The second-order valence-electron chi connectivity index (χ2n) is 10.3. The summed E-state index contributed by atoms with van der Waals surface area (Å²) >= 11 is 12.3. The number of amides is 1. The third-order valence-corrected chi connectivity index (χ3v) is 8.88. The molecule has 0 radical (unpaired) electrons. The highest BCUT2D eigenvalue weighted by Gasteiger charge is 2.70. The van der Waals surface area contributed by atoms with Gasteiger partial charge in [-0.05, 0) is 77.4 Å². The normalized spacial score (nSPS) is 23.9. The fourth-order valence-corrected chi connectivity index (χ4v) is 7.00. The first-order valence-electron chi connectivity index (χ1n) is 13.0. The van der Waals surface area contributed by atoms with E-state index in [1.54, 1.807) is 48.5 Å². The number of rotatable bonds is 4. The Balaban J connectivity index is 1.53. The third kappa shape index (κ3) is 3.44. The first-order chi connectivity index (χ1) is 19.4. The van der Waals surface area contributed by atoms with Crippen molar-refractivity contribution in [3.05, 3.63) is 141 Å². The molecule has 40 heavy (non-hydrogen) atoms. The topological polar surface area (TPSA) is 66.5 Å². The molecule has 7 rings (SSSR count). The lowest BCUT2D eigenvalue weighted by atomic mass is 9.62. The number of hydrogen-bond acceptors (Lipinski definition) is 4. The summed E-state index contributed by atoms with van der Waals surface area (Å²) in [5.74, 6) is -1.89. The van der Waals surface area contributed by atoms with Crippen LogP contribution in [0.15, 0.2) is 103 Å². The molecule has 4 atom stereocenters. The lowest BCUT2D eigenvalue weighted by Crippen LogP contribution is -2.49. The van der Waals surface area contributed by atoms with Gasteiger partial charge in [0, 0.05) is 33.1 Å². The third-order valence-electron chi connectivity index (χ3n) is 8.38. The Bertz CT molecular complexity index is 1730. The van der Waals surface area contributed by atoms with Crippen molar-refractivity contribution in [1.29, 1.82) is 0 Å². The van der Waals surface area contributed by atoms with Crippen molar-refractivity contribution in [2.75, 3.05) is 5.32 Å². The number of anilines is 1. The SMILES string of the molecule is O=C(c1ccc(Cl)cc1)[C@@H]1[C@@H](C(=O)c2ccc(Cl)cc2)[C@@]2(C(=O)Nc3ccccc32)[C@H]2c3ccccc3C=CN12. The molecule has 5 nitrogen and oxygen atoms in total. The second-order valence-corrected chi connectivity index (χ2v) is 11.2. The Labute approximate surface area is 241 Å². The largest absolute Gasteiger partial charge is 0.358 e. The molecule has 0 aromatic heterocycles. The molecule has 1 fully saturated rings. The van der Waals surface area contributed by atoms with Gasteiger partial charge in [-0.1, -0.05) is 65.7 Å². The van der Waals surface area contributed by atoms with Crippen molar-refractivity contribution in [2.45, 2.75) is 17.5 Å². The molecule has 0 bridgehead atoms. The van der Waals surface area contributed by atoms with E-state index in [1.165, 1.54) is 0 Å². The van der Waals surface area contributed by atoms with Gasteiger partial charge in [-0.2, -0.15) is 0 Å². The van der Waals surface area contributed by atoms with Gasteiger partial charge >= 0.3 is 0 Å². The number of Topliss-reactive ketones (excluding diaryl/α,β-unsaturated/α-hetero) is 2. The van der Waals surface area contributed by atoms with E-state index in [2.05, 4.69) is 5.32 Å². The Hall–Kier alpha value is -4.19. The number of halogens is 2. The van der Waals surface area contributed by atoms with Crippen LogP contribution in [0.2, 0.25) is 10.0 Å². The summed E-state index contributed by atoms with van der Waals surface area (Å²) in [5.41, 5.74) is 2.61. The van der Waals surface area contributed by atoms with E-state index < -0.39 is 23.4 Å². The van der Waals surface area contributed by atoms with Gasteiger partial charge in [-0.25, -0.2) is 0 Å². The number of carbonyl (C=O) groups excluding carboxylic acids is 3. The molecule has 4 aromatic rings. The lowest BCUT2D eigenvalue weighted by molar-refractivity contribution is -0.122. The van der Waals surface area contributed by atoms with Crippen molar-refractivity contribution in [3.63, 3.8) is 0 Å². The van der Waals surface area contributed by atoms with Crippen LogP contribution in [-0.2, 0) is 10.2 Å². The highest BCUT2D eigenvalue weighted by Crippen LogP contribution is 2.62. The Kier molecular flexibility index (Phi) is 5.70. The summed E-state index contributed by atoms with van der Waals surface area (Å²) in [6.45, 7) is 0. The van der Waals surface area contributed by atoms with E-state index in [0.29, 0.717) is 32.4 Å². The summed E-state index contributed by atoms with van der Waals surface area (Å²) in [4.78, 5) is 45.5. The van der Waals surface area contributed by atoms with Crippen LogP contribution < -0.4 is 5.32 Å². The van der Waals surface area contributed by atoms with Gasteiger partial charge in [0.15, 0.2) is 11.6 Å². The quantitative estimate of drug-likeness (QED) is 0.272. The molecule has 7 heteroatoms. The molecule has 1 saturated heterocycles. The minimum atomic E-state index is -1.37. The van der Waals surface area contributed by atoms with Crippen LogP contribution in [0.4, 0.5) is 5.69 Å². The van der Waals surface area contributed by atoms with Crippen LogP contribution in [0.5, 0.6) is 0 Å². The Morgan fingerprint density at radius 3 is 2.05 bits per heavy atom. The van der Waals surface area contributed by atoms with Gasteiger partial charge in [0.2, 0.25) is 5.91 Å². The predicted octanol–water partition coefficient (Wildman–Crippen LogP) is 6.98. The molecule has 196 valence electrons. The molecule has 1 amide bonds. The maximum absolute atomic E-state index is 14.7. The van der Waals surface area contributed by atoms with E-state index in [0.717, 1.165) is 11.1 Å². The first-order valence-corrected chi connectivity index (χ1v) is 13.7. The molecule has 4 aromatic carbocycles. The zero-order valence-electron chi connectivity index (χ0n) is 21.1. The lowest BCUT2D eigenvalue weighted by Gasteiger charge is -2.38. The van der Waals surface area contributed by atoms with Gasteiger partial charge in [0.25, 0.3) is 0 Å². The van der Waals surface area contributed by atoms with Gasteiger partial charge < -0.3 is 10.2 Å². The average Bonchev–Trinajstić information content (AvgIpc) is 3.45. The smallest absolute Gasteiger partial charge is 0.238 e. The standard InChI is InChI=1S/C33H22Cl2N2O3/c34-22-13-9-20(10-14-22)29(38)27-28(30(39)21-11-15-23(35)16-12-21)37-18-17-19-5-1-2-6-24(19)31(37)33(27)25-7-3-4-8-26(25)36-32(33)40/h1-18,27-28,31H,(H,36,40)/t27-,28-,31+,33+/m0/s1. The van der Waals surface area contributed by atoms with E-state index >= 15 is 0 Å². The van der Waals surface area contributed by atoms with Crippen molar-refractivity contribution < 1.29 is 14.4 Å². The zero-order valence-corrected chi connectivity index (χ0v) is 22.6. The molecular weight excluding hydrogens is 543 g/mol. The van der Waals surface area contributed by atoms with Crippen LogP contribution in [-0.4, -0.2) is 28.4 Å². The molecule has 1 N–H and O–H groups in total. The maximum Gasteiger partial charge on any atom is 0.238 e. The van der Waals surface area contributed by atoms with Crippen molar-refractivity contribution >= 4 is 52.4 Å². The fraction of sp³-hybridized carbons (Fsp3) is 0.121. The Morgan fingerprint density at radius 2 is 1.35 bits per heavy atom. The number of nitrogens with zero attached hydrogens (tertiary/aromatic N) is 1. The van der Waals surface area contributed by atoms with Crippen LogP contribution in [0.25, 0.3) is 6.08 Å². The van der Waals surface area contributed by atoms with Crippen LogP contribution in [0.3, 0.4) is 0 Å². The van der Waals surface area contributed by atoms with Gasteiger partial charge in [0.1, 0.15) is 11.5 Å². The van der Waals surface area contributed by atoms with E-state index in [1.807, 2.05) is 65.7 Å². The number of hydrogen-bond donors (Lipinski definition) is 1. The van der Waals surface area contributed by atoms with Gasteiger partial charge in [0.05, 0.1) is 12.0 Å². The number of benzene rings is 4. The molecular formula is C33H22Cl2N2O3. The Morgan fingerprint density at radius 1 is 0.750 bits per heavy atom. The predicted molar refractivity (Wildman–Crippen MR) is 156 cm³/mol. The molecule has 1 spiro atoms. The summed E-state index contributed by atoms with van der Waals surface area (Å²) in [6.07, 6.45) is 3.80. The highest BCUT2D eigenvalue weighted by molar-refractivity contribution is 6.31. The highest BCUT2D eigenvalue weighted by atomic mass is 35.5. The van der Waals surface area contributed by atoms with Crippen molar-refractivity contribution in [1.82, 2.24) is 4.90 Å². The monoisotopic (exact) mass is 564 g/mol. The molecule has 0 saturated carbocycles. The van der Waals surface area contributed by atoms with Crippen LogP contribution in [0.1, 0.15) is 43.4 Å². The van der Waals surface area contributed by atoms with Crippen molar-refractivity contribution in [3.8, 4) is 0 Å². The first kappa shape index (κ1) is 24.8. The summed E-state index contributed by atoms with van der Waals surface area (Å²) in [7, 11) is 0. The molecule has 3 aliphatic heterocycles. The number of fused-ring (bicyclic) bond motifs is 6.